The number of hydrogen-bond donors (Lipinski definition) is 2. The molecule has 0 spiro atoms. The number of thiazole rings is 1. The molecule has 0 bridgehead atoms. The molecule has 0 aliphatic rings. The molecule has 1 atom stereocenters. The molecule has 2 rings (SSSR count). The van der Waals surface area contributed by atoms with Gasteiger partial charge in [0.15, 0.2) is 0 Å². The van der Waals surface area contributed by atoms with Gasteiger partial charge in [-0.05, 0) is 24.1 Å². The second-order valence-electron chi connectivity index (χ2n) is 4.21. The van der Waals surface area contributed by atoms with Crippen molar-refractivity contribution in [3.05, 3.63) is 52.0 Å². The Bertz CT molecular complexity index is 523. The van der Waals surface area contributed by atoms with Crippen molar-refractivity contribution < 1.29 is 9.90 Å². The lowest BCUT2D eigenvalue weighted by Crippen LogP contribution is -2.20. The summed E-state index contributed by atoms with van der Waals surface area (Å²) >= 11 is 1.65. The van der Waals surface area contributed by atoms with Crippen LogP contribution in [0.15, 0.2) is 35.8 Å². The van der Waals surface area contributed by atoms with E-state index in [9.17, 15) is 4.79 Å². The number of nitrogens with zero attached hydrogens (tertiary/aromatic N) is 1. The molecule has 0 aliphatic carbocycles. The van der Waals surface area contributed by atoms with Crippen molar-refractivity contribution >= 4 is 17.3 Å². The minimum absolute atomic E-state index is 0.249. The number of carboxylic acid groups (broad SMARTS) is 1. The number of rotatable bonds is 6. The fourth-order valence-corrected chi connectivity index (χ4v) is 2.62. The van der Waals surface area contributed by atoms with Gasteiger partial charge in [0.25, 0.3) is 0 Å². The third-order valence-electron chi connectivity index (χ3n) is 2.91. The normalized spacial score (nSPS) is 12.3. The minimum atomic E-state index is -0.895. The van der Waals surface area contributed by atoms with Crippen molar-refractivity contribution in [3.63, 3.8) is 0 Å². The Morgan fingerprint density at radius 3 is 2.68 bits per heavy atom. The first-order valence-electron chi connectivity index (χ1n) is 6.15. The summed E-state index contributed by atoms with van der Waals surface area (Å²) in [5.41, 5.74) is 1.38. The molecule has 5 heteroatoms. The number of carbonyl (C=O) groups is 1. The molecule has 1 heterocycles. The Hall–Kier alpha value is -1.72. The maximum atomic E-state index is 10.8. The molecule has 1 aromatic carbocycles. The van der Waals surface area contributed by atoms with Crippen LogP contribution >= 0.6 is 11.3 Å². The quantitative estimate of drug-likeness (QED) is 0.851. The highest BCUT2D eigenvalue weighted by atomic mass is 32.1. The molecule has 2 N–H and O–H groups in total. The fourth-order valence-electron chi connectivity index (χ4n) is 1.82. The third kappa shape index (κ3) is 3.62. The Morgan fingerprint density at radius 1 is 1.42 bits per heavy atom. The first-order chi connectivity index (χ1) is 9.20. The van der Waals surface area contributed by atoms with Crippen LogP contribution in [0.5, 0.6) is 0 Å². The van der Waals surface area contributed by atoms with Gasteiger partial charge in [0.1, 0.15) is 5.01 Å². The van der Waals surface area contributed by atoms with Gasteiger partial charge in [-0.1, -0.05) is 19.1 Å². The largest absolute Gasteiger partial charge is 0.478 e. The van der Waals surface area contributed by atoms with Gasteiger partial charge in [-0.25, -0.2) is 9.78 Å². The van der Waals surface area contributed by atoms with Crippen LogP contribution in [0.2, 0.25) is 0 Å². The lowest BCUT2D eigenvalue weighted by Gasteiger charge is -2.14. The van der Waals surface area contributed by atoms with E-state index in [-0.39, 0.29) is 6.04 Å². The molecule has 0 amide bonds. The molecule has 1 aromatic heterocycles. The van der Waals surface area contributed by atoms with E-state index in [1.807, 2.05) is 23.7 Å². The van der Waals surface area contributed by atoms with Crippen LogP contribution in [0, 0.1) is 0 Å². The van der Waals surface area contributed by atoms with E-state index < -0.39 is 5.97 Å². The van der Waals surface area contributed by atoms with Gasteiger partial charge in [0, 0.05) is 18.1 Å². The van der Waals surface area contributed by atoms with Gasteiger partial charge >= 0.3 is 5.97 Å². The molecular formula is C14H16N2O2S. The van der Waals surface area contributed by atoms with Crippen LogP contribution in [0.3, 0.4) is 0 Å². The molecule has 100 valence electrons. The van der Waals surface area contributed by atoms with E-state index in [4.69, 9.17) is 5.11 Å². The Balaban J connectivity index is 1.96. The maximum Gasteiger partial charge on any atom is 0.335 e. The molecule has 0 saturated heterocycles. The Labute approximate surface area is 116 Å². The minimum Gasteiger partial charge on any atom is -0.478 e. The van der Waals surface area contributed by atoms with E-state index >= 15 is 0 Å². The molecule has 4 nitrogen and oxygen atoms in total. The van der Waals surface area contributed by atoms with Gasteiger partial charge in [-0.15, -0.1) is 11.3 Å². The lowest BCUT2D eigenvalue weighted by atomic mass is 10.1. The van der Waals surface area contributed by atoms with Gasteiger partial charge in [0.2, 0.25) is 0 Å². The average molecular weight is 276 g/mol. The van der Waals surface area contributed by atoms with E-state index in [1.54, 1.807) is 23.5 Å². The van der Waals surface area contributed by atoms with Crippen molar-refractivity contribution in [1.29, 1.82) is 0 Å². The van der Waals surface area contributed by atoms with Crippen LogP contribution in [0.1, 0.15) is 40.3 Å². The summed E-state index contributed by atoms with van der Waals surface area (Å²) in [5, 5.41) is 15.3. The SMILES string of the molecule is CCC(NCc1ccc(C(=O)O)cc1)c1nccs1. The van der Waals surface area contributed by atoms with Gasteiger partial charge < -0.3 is 10.4 Å². The lowest BCUT2D eigenvalue weighted by molar-refractivity contribution is 0.0697. The van der Waals surface area contributed by atoms with Crippen LogP contribution in [-0.2, 0) is 6.54 Å². The van der Waals surface area contributed by atoms with Crippen LogP contribution < -0.4 is 5.32 Å². The predicted molar refractivity (Wildman–Crippen MR) is 75.4 cm³/mol. The van der Waals surface area contributed by atoms with E-state index in [1.165, 1.54) is 0 Å². The van der Waals surface area contributed by atoms with Gasteiger partial charge in [-0.3, -0.25) is 0 Å². The zero-order chi connectivity index (χ0) is 13.7. The summed E-state index contributed by atoms with van der Waals surface area (Å²) in [6, 6.07) is 7.18. The Kier molecular flexibility index (Phi) is 4.65. The monoisotopic (exact) mass is 276 g/mol. The first kappa shape index (κ1) is 13.7. The summed E-state index contributed by atoms with van der Waals surface area (Å²) in [6.45, 7) is 2.82. The van der Waals surface area contributed by atoms with Crippen molar-refractivity contribution in [2.24, 2.45) is 0 Å². The van der Waals surface area contributed by atoms with E-state index in [0.717, 1.165) is 17.0 Å². The summed E-state index contributed by atoms with van der Waals surface area (Å²) < 4.78 is 0. The number of aromatic nitrogens is 1. The maximum absolute atomic E-state index is 10.8. The Morgan fingerprint density at radius 2 is 2.16 bits per heavy atom. The highest BCUT2D eigenvalue weighted by Gasteiger charge is 2.11. The molecule has 0 fully saturated rings. The molecule has 19 heavy (non-hydrogen) atoms. The van der Waals surface area contributed by atoms with E-state index in [0.29, 0.717) is 12.1 Å². The molecule has 0 aliphatic heterocycles. The summed E-state index contributed by atoms with van der Waals surface area (Å²) in [5.74, 6) is -0.895. The molecular weight excluding hydrogens is 260 g/mol. The van der Waals surface area contributed by atoms with Gasteiger partial charge in [-0.2, -0.15) is 0 Å². The standard InChI is InChI=1S/C14H16N2O2S/c1-2-12(13-15-7-8-19-13)16-9-10-3-5-11(6-4-10)14(17)18/h3-8,12,16H,2,9H2,1H3,(H,17,18). The molecule has 0 radical (unpaired) electrons. The highest BCUT2D eigenvalue weighted by Crippen LogP contribution is 2.19. The van der Waals surface area contributed by atoms with Crippen LogP contribution in [-0.4, -0.2) is 16.1 Å². The second-order valence-corrected chi connectivity index (χ2v) is 5.14. The molecule has 1 unspecified atom stereocenters. The zero-order valence-corrected chi connectivity index (χ0v) is 11.5. The summed E-state index contributed by atoms with van der Waals surface area (Å²) in [4.78, 5) is 15.1. The number of aromatic carboxylic acids is 1. The van der Waals surface area contributed by atoms with Crippen molar-refractivity contribution in [1.82, 2.24) is 10.3 Å². The van der Waals surface area contributed by atoms with Crippen LogP contribution in [0.4, 0.5) is 0 Å². The van der Waals surface area contributed by atoms with Gasteiger partial charge in [0.05, 0.1) is 11.6 Å². The smallest absolute Gasteiger partial charge is 0.335 e. The highest BCUT2D eigenvalue weighted by molar-refractivity contribution is 7.09. The number of benzene rings is 1. The summed E-state index contributed by atoms with van der Waals surface area (Å²) in [7, 11) is 0. The zero-order valence-electron chi connectivity index (χ0n) is 10.7. The second kappa shape index (κ2) is 6.45. The molecule has 2 aromatic rings. The first-order valence-corrected chi connectivity index (χ1v) is 7.03. The number of nitrogens with one attached hydrogen (secondary N) is 1. The number of hydrogen-bond acceptors (Lipinski definition) is 4. The van der Waals surface area contributed by atoms with E-state index in [2.05, 4.69) is 17.2 Å². The van der Waals surface area contributed by atoms with Crippen LogP contribution in [0.25, 0.3) is 0 Å². The van der Waals surface area contributed by atoms with Crippen molar-refractivity contribution in [3.8, 4) is 0 Å². The third-order valence-corrected chi connectivity index (χ3v) is 3.80. The molecule has 0 saturated carbocycles. The van der Waals surface area contributed by atoms with Crippen molar-refractivity contribution in [2.45, 2.75) is 25.9 Å². The fraction of sp³-hybridized carbons (Fsp3) is 0.286. The summed E-state index contributed by atoms with van der Waals surface area (Å²) in [6.07, 6.45) is 2.78. The predicted octanol–water partition coefficient (Wildman–Crippen LogP) is 3.08. The van der Waals surface area contributed by atoms with Crippen molar-refractivity contribution in [2.75, 3.05) is 0 Å². The number of carboxylic acids is 1. The average Bonchev–Trinajstić information content (AvgIpc) is 2.94. The topological polar surface area (TPSA) is 62.2 Å².